The number of ether oxygens (including phenoxy) is 2. The third-order valence-corrected chi connectivity index (χ3v) is 5.90. The zero-order chi connectivity index (χ0) is 17.1. The predicted octanol–water partition coefficient (Wildman–Crippen LogP) is 3.74. The van der Waals surface area contributed by atoms with Crippen molar-refractivity contribution in [3.63, 3.8) is 0 Å². The molecule has 4 rings (SSSR count). The van der Waals surface area contributed by atoms with Crippen molar-refractivity contribution in [1.82, 2.24) is 5.32 Å². The van der Waals surface area contributed by atoms with Gasteiger partial charge in [-0.05, 0) is 49.3 Å². The topological polar surface area (TPSA) is 47.6 Å². The smallest absolute Gasteiger partial charge is 0.220 e. The van der Waals surface area contributed by atoms with Crippen molar-refractivity contribution in [2.45, 2.75) is 50.4 Å². The standard InChI is InChI=1S/C21H27NO3/c23-20(13-16-5-1-2-6-16)22-15-21(9-3-4-10-21)17-7-8-18-19(14-17)25-12-11-24-18/h1,5,7-8,14,16H,2-4,6,9-13,15H2,(H,22,23). The first-order valence-electron chi connectivity index (χ1n) is 9.59. The van der Waals surface area contributed by atoms with E-state index in [1.54, 1.807) is 0 Å². The van der Waals surface area contributed by atoms with Crippen molar-refractivity contribution >= 4 is 5.91 Å². The van der Waals surface area contributed by atoms with E-state index in [1.807, 2.05) is 6.07 Å². The third-order valence-electron chi connectivity index (χ3n) is 5.90. The summed E-state index contributed by atoms with van der Waals surface area (Å²) in [5.41, 5.74) is 1.31. The van der Waals surface area contributed by atoms with E-state index in [1.165, 1.54) is 18.4 Å². The van der Waals surface area contributed by atoms with Crippen molar-refractivity contribution in [2.24, 2.45) is 5.92 Å². The molecule has 1 amide bonds. The van der Waals surface area contributed by atoms with Crippen LogP contribution in [0.3, 0.4) is 0 Å². The van der Waals surface area contributed by atoms with Gasteiger partial charge in [-0.2, -0.15) is 0 Å². The molecule has 0 aromatic heterocycles. The minimum Gasteiger partial charge on any atom is -0.486 e. The fourth-order valence-electron chi connectivity index (χ4n) is 4.44. The van der Waals surface area contributed by atoms with Crippen LogP contribution in [0.5, 0.6) is 11.5 Å². The van der Waals surface area contributed by atoms with Crippen LogP contribution >= 0.6 is 0 Å². The fourth-order valence-corrected chi connectivity index (χ4v) is 4.44. The van der Waals surface area contributed by atoms with Gasteiger partial charge in [0, 0.05) is 18.4 Å². The second-order valence-corrected chi connectivity index (χ2v) is 7.59. The van der Waals surface area contributed by atoms with Gasteiger partial charge in [-0.3, -0.25) is 4.79 Å². The zero-order valence-electron chi connectivity index (χ0n) is 14.8. The molecular formula is C21H27NO3. The van der Waals surface area contributed by atoms with Gasteiger partial charge in [-0.1, -0.05) is 31.1 Å². The number of carbonyl (C=O) groups is 1. The molecule has 4 nitrogen and oxygen atoms in total. The summed E-state index contributed by atoms with van der Waals surface area (Å²) < 4.78 is 11.4. The average Bonchev–Trinajstić information content (AvgIpc) is 3.32. The third kappa shape index (κ3) is 3.53. The van der Waals surface area contributed by atoms with Crippen LogP contribution in [0.2, 0.25) is 0 Å². The van der Waals surface area contributed by atoms with Crippen LogP contribution in [0.15, 0.2) is 30.4 Å². The molecule has 0 spiro atoms. The molecule has 1 heterocycles. The number of fused-ring (bicyclic) bond motifs is 1. The maximum absolute atomic E-state index is 12.4. The first kappa shape index (κ1) is 16.5. The Balaban J connectivity index is 1.46. The lowest BCUT2D eigenvalue weighted by atomic mass is 9.78. The Morgan fingerprint density at radius 2 is 1.96 bits per heavy atom. The van der Waals surface area contributed by atoms with Crippen molar-refractivity contribution in [3.05, 3.63) is 35.9 Å². The first-order chi connectivity index (χ1) is 12.3. The number of carbonyl (C=O) groups excluding carboxylic acids is 1. The van der Waals surface area contributed by atoms with E-state index in [0.29, 0.717) is 25.6 Å². The van der Waals surface area contributed by atoms with Crippen LogP contribution < -0.4 is 14.8 Å². The van der Waals surface area contributed by atoms with Gasteiger partial charge in [0.2, 0.25) is 5.91 Å². The van der Waals surface area contributed by atoms with Crippen molar-refractivity contribution in [1.29, 1.82) is 0 Å². The van der Waals surface area contributed by atoms with E-state index < -0.39 is 0 Å². The second-order valence-electron chi connectivity index (χ2n) is 7.59. The summed E-state index contributed by atoms with van der Waals surface area (Å²) in [6.45, 7) is 1.94. The normalized spacial score (nSPS) is 23.6. The summed E-state index contributed by atoms with van der Waals surface area (Å²) in [7, 11) is 0. The van der Waals surface area contributed by atoms with Gasteiger partial charge in [0.1, 0.15) is 13.2 Å². The maximum atomic E-state index is 12.4. The number of hydrogen-bond donors (Lipinski definition) is 1. The van der Waals surface area contributed by atoms with Gasteiger partial charge in [0.25, 0.3) is 0 Å². The van der Waals surface area contributed by atoms with Gasteiger partial charge in [0.15, 0.2) is 11.5 Å². The van der Waals surface area contributed by atoms with Crippen LogP contribution in [0, 0.1) is 5.92 Å². The molecule has 1 N–H and O–H groups in total. The Morgan fingerprint density at radius 3 is 2.72 bits per heavy atom. The highest BCUT2D eigenvalue weighted by Gasteiger charge is 2.37. The number of benzene rings is 1. The van der Waals surface area contributed by atoms with E-state index in [9.17, 15) is 4.79 Å². The van der Waals surface area contributed by atoms with E-state index in [0.717, 1.165) is 43.7 Å². The molecule has 1 atom stereocenters. The minimum absolute atomic E-state index is 0.0387. The summed E-state index contributed by atoms with van der Waals surface area (Å²) in [6.07, 6.45) is 11.9. The van der Waals surface area contributed by atoms with Gasteiger partial charge < -0.3 is 14.8 Å². The lowest BCUT2D eigenvalue weighted by molar-refractivity contribution is -0.122. The SMILES string of the molecule is O=C(CC1C=CCC1)NCC1(c2ccc3c(c2)OCCO3)CCCC1. The molecule has 1 unspecified atom stereocenters. The summed E-state index contributed by atoms with van der Waals surface area (Å²) in [6, 6.07) is 6.31. The number of hydrogen-bond acceptors (Lipinski definition) is 3. The average molecular weight is 341 g/mol. The number of nitrogens with one attached hydrogen (secondary N) is 1. The number of allylic oxidation sites excluding steroid dienone is 2. The monoisotopic (exact) mass is 341 g/mol. The molecule has 0 bridgehead atoms. The highest BCUT2D eigenvalue weighted by molar-refractivity contribution is 5.76. The fraction of sp³-hybridized carbons (Fsp3) is 0.571. The van der Waals surface area contributed by atoms with Crippen LogP contribution in [0.4, 0.5) is 0 Å². The summed E-state index contributed by atoms with van der Waals surface area (Å²) in [4.78, 5) is 12.4. The Labute approximate surface area is 149 Å². The maximum Gasteiger partial charge on any atom is 0.220 e. The molecule has 1 aromatic rings. The molecule has 4 heteroatoms. The van der Waals surface area contributed by atoms with Crippen molar-refractivity contribution in [2.75, 3.05) is 19.8 Å². The highest BCUT2D eigenvalue weighted by atomic mass is 16.6. The number of amides is 1. The minimum atomic E-state index is 0.0387. The molecule has 2 aliphatic carbocycles. The van der Waals surface area contributed by atoms with Crippen LogP contribution in [0.25, 0.3) is 0 Å². The molecule has 3 aliphatic rings. The molecule has 0 radical (unpaired) electrons. The molecule has 134 valence electrons. The zero-order valence-corrected chi connectivity index (χ0v) is 14.8. The van der Waals surface area contributed by atoms with Crippen LogP contribution in [0.1, 0.15) is 50.5 Å². The van der Waals surface area contributed by atoms with E-state index >= 15 is 0 Å². The van der Waals surface area contributed by atoms with E-state index in [4.69, 9.17) is 9.47 Å². The Hall–Kier alpha value is -1.97. The number of rotatable bonds is 5. The summed E-state index contributed by atoms with van der Waals surface area (Å²) in [5, 5.41) is 3.23. The van der Waals surface area contributed by atoms with Gasteiger partial charge in [0.05, 0.1) is 0 Å². The van der Waals surface area contributed by atoms with Gasteiger partial charge >= 0.3 is 0 Å². The molecule has 1 fully saturated rings. The molecule has 1 aliphatic heterocycles. The summed E-state index contributed by atoms with van der Waals surface area (Å²) >= 11 is 0. The molecular weight excluding hydrogens is 314 g/mol. The molecule has 1 saturated carbocycles. The van der Waals surface area contributed by atoms with Gasteiger partial charge in [-0.15, -0.1) is 0 Å². The van der Waals surface area contributed by atoms with E-state index in [2.05, 4.69) is 29.6 Å². The Kier molecular flexibility index (Phi) is 4.69. The first-order valence-corrected chi connectivity index (χ1v) is 9.59. The largest absolute Gasteiger partial charge is 0.486 e. The van der Waals surface area contributed by atoms with Crippen LogP contribution in [-0.2, 0) is 10.2 Å². The Morgan fingerprint density at radius 1 is 1.16 bits per heavy atom. The summed E-state index contributed by atoms with van der Waals surface area (Å²) in [5.74, 6) is 2.28. The quantitative estimate of drug-likeness (QED) is 0.830. The molecule has 25 heavy (non-hydrogen) atoms. The molecule has 0 saturated heterocycles. The van der Waals surface area contributed by atoms with Crippen LogP contribution in [-0.4, -0.2) is 25.7 Å². The van der Waals surface area contributed by atoms with E-state index in [-0.39, 0.29) is 11.3 Å². The lowest BCUT2D eigenvalue weighted by Gasteiger charge is -2.31. The van der Waals surface area contributed by atoms with Gasteiger partial charge in [-0.25, -0.2) is 0 Å². The lowest BCUT2D eigenvalue weighted by Crippen LogP contribution is -2.39. The highest BCUT2D eigenvalue weighted by Crippen LogP contribution is 2.43. The second kappa shape index (κ2) is 7.11. The van der Waals surface area contributed by atoms with Crippen molar-refractivity contribution < 1.29 is 14.3 Å². The predicted molar refractivity (Wildman–Crippen MR) is 97.1 cm³/mol. The Bertz CT molecular complexity index is 661. The molecule has 1 aromatic carbocycles. The van der Waals surface area contributed by atoms with Crippen molar-refractivity contribution in [3.8, 4) is 11.5 Å².